The molecule has 2 N–H and O–H groups in total. The van der Waals surface area contributed by atoms with Gasteiger partial charge in [0.25, 0.3) is 5.91 Å². The molecule has 1 aromatic carbocycles. The van der Waals surface area contributed by atoms with E-state index in [-0.39, 0.29) is 17.1 Å². The summed E-state index contributed by atoms with van der Waals surface area (Å²) in [6.45, 7) is 5.79. The number of hydrogen-bond donors (Lipinski definition) is 2. The van der Waals surface area contributed by atoms with Crippen molar-refractivity contribution >= 4 is 23.0 Å². The van der Waals surface area contributed by atoms with Crippen molar-refractivity contribution in [2.45, 2.75) is 33.2 Å². The maximum Gasteiger partial charge on any atom is 0.290 e. The number of hydrogen-bond acceptors (Lipinski definition) is 7. The predicted molar refractivity (Wildman–Crippen MR) is 105 cm³/mol. The second kappa shape index (κ2) is 7.63. The fourth-order valence-corrected chi connectivity index (χ4v) is 4.32. The molecule has 1 aliphatic heterocycles. The highest BCUT2D eigenvalue weighted by Gasteiger charge is 2.44. The van der Waals surface area contributed by atoms with Crippen LogP contribution in [0.25, 0.3) is 0 Å². The Morgan fingerprint density at radius 3 is 2.57 bits per heavy atom. The number of thiazole rings is 1. The third-order valence-electron chi connectivity index (χ3n) is 4.64. The summed E-state index contributed by atoms with van der Waals surface area (Å²) in [5.74, 6) is -1.39. The van der Waals surface area contributed by atoms with Gasteiger partial charge in [-0.2, -0.15) is 0 Å². The molecule has 28 heavy (non-hydrogen) atoms. The summed E-state index contributed by atoms with van der Waals surface area (Å²) in [6, 6.07) is 3.91. The summed E-state index contributed by atoms with van der Waals surface area (Å²) in [7, 11) is 1.44. The van der Waals surface area contributed by atoms with E-state index in [0.29, 0.717) is 29.1 Å². The van der Waals surface area contributed by atoms with Gasteiger partial charge in [-0.05, 0) is 38.0 Å². The van der Waals surface area contributed by atoms with Crippen molar-refractivity contribution in [2.24, 2.45) is 0 Å². The smallest absolute Gasteiger partial charge is 0.290 e. The SMILES string of the molecule is CCCN1C(=O)C(O)=C(C(=O)c2sc(C)nc2C)C1c1ccc(OC)c(O)c1. The van der Waals surface area contributed by atoms with E-state index in [4.69, 9.17) is 4.74 Å². The number of aryl methyl sites for hydroxylation is 2. The first-order valence-corrected chi connectivity index (χ1v) is 9.71. The number of aromatic hydroxyl groups is 1. The Kier molecular flexibility index (Phi) is 5.42. The molecule has 2 heterocycles. The number of ketones is 1. The number of aliphatic hydroxyl groups is 1. The number of aromatic nitrogens is 1. The van der Waals surface area contributed by atoms with Gasteiger partial charge in [-0.15, -0.1) is 11.3 Å². The molecule has 0 aliphatic carbocycles. The molecule has 8 heteroatoms. The number of rotatable bonds is 6. The van der Waals surface area contributed by atoms with Gasteiger partial charge in [0, 0.05) is 6.54 Å². The minimum Gasteiger partial charge on any atom is -0.504 e. The fraction of sp³-hybridized carbons (Fsp3) is 0.350. The summed E-state index contributed by atoms with van der Waals surface area (Å²) < 4.78 is 5.08. The van der Waals surface area contributed by atoms with Crippen molar-refractivity contribution in [2.75, 3.05) is 13.7 Å². The molecule has 0 fully saturated rings. The summed E-state index contributed by atoms with van der Waals surface area (Å²) in [5, 5.41) is 21.5. The molecule has 0 radical (unpaired) electrons. The van der Waals surface area contributed by atoms with Crippen LogP contribution >= 0.6 is 11.3 Å². The van der Waals surface area contributed by atoms with Crippen molar-refractivity contribution in [3.8, 4) is 11.5 Å². The van der Waals surface area contributed by atoms with Crippen molar-refractivity contribution < 1.29 is 24.5 Å². The fourth-order valence-electron chi connectivity index (χ4n) is 3.45. The lowest BCUT2D eigenvalue weighted by Crippen LogP contribution is -2.31. The predicted octanol–water partition coefficient (Wildman–Crippen LogP) is 3.46. The number of aliphatic hydroxyl groups excluding tert-OH is 1. The number of benzene rings is 1. The van der Waals surface area contributed by atoms with E-state index in [1.54, 1.807) is 26.0 Å². The Labute approximate surface area is 166 Å². The lowest BCUT2D eigenvalue weighted by atomic mass is 9.94. The van der Waals surface area contributed by atoms with Gasteiger partial charge in [0.15, 0.2) is 17.3 Å². The number of ether oxygens (including phenoxy) is 1. The van der Waals surface area contributed by atoms with Gasteiger partial charge in [-0.25, -0.2) is 4.98 Å². The Morgan fingerprint density at radius 2 is 2.04 bits per heavy atom. The van der Waals surface area contributed by atoms with Gasteiger partial charge in [0.2, 0.25) is 5.78 Å². The zero-order valence-corrected chi connectivity index (χ0v) is 17.0. The first kappa shape index (κ1) is 19.9. The molecule has 1 unspecified atom stereocenters. The Hall–Kier alpha value is -2.87. The molecule has 0 bridgehead atoms. The number of carbonyl (C=O) groups excluding carboxylic acids is 2. The molecular formula is C20H22N2O5S. The third-order valence-corrected chi connectivity index (χ3v) is 5.71. The van der Waals surface area contributed by atoms with Crippen LogP contribution in [-0.2, 0) is 4.79 Å². The normalized spacial score (nSPS) is 16.8. The molecule has 1 atom stereocenters. The molecule has 3 rings (SSSR count). The van der Waals surface area contributed by atoms with Crippen molar-refractivity contribution in [3.05, 3.63) is 50.7 Å². The maximum atomic E-state index is 13.3. The molecule has 1 aromatic heterocycles. The first-order valence-electron chi connectivity index (χ1n) is 8.89. The largest absolute Gasteiger partial charge is 0.504 e. The number of amides is 1. The zero-order valence-electron chi connectivity index (χ0n) is 16.1. The van der Waals surface area contributed by atoms with E-state index in [9.17, 15) is 19.8 Å². The van der Waals surface area contributed by atoms with Crippen LogP contribution in [0, 0.1) is 13.8 Å². The van der Waals surface area contributed by atoms with E-state index in [1.165, 1.54) is 29.4 Å². The lowest BCUT2D eigenvalue weighted by Gasteiger charge is -2.26. The molecule has 1 amide bonds. The number of phenols is 1. The van der Waals surface area contributed by atoms with Gasteiger partial charge >= 0.3 is 0 Å². The molecule has 148 valence electrons. The monoisotopic (exact) mass is 402 g/mol. The van der Waals surface area contributed by atoms with Crippen molar-refractivity contribution in [1.29, 1.82) is 0 Å². The van der Waals surface area contributed by atoms with Crippen LogP contribution in [-0.4, -0.2) is 45.4 Å². The minimum atomic E-state index is -0.793. The molecule has 0 spiro atoms. The number of Topliss-reactive ketones (excluding diaryl/α,β-unsaturated/α-hetero) is 1. The van der Waals surface area contributed by atoms with Crippen LogP contribution in [0.3, 0.4) is 0 Å². The molecule has 7 nitrogen and oxygen atoms in total. The first-order chi connectivity index (χ1) is 13.3. The van der Waals surface area contributed by atoms with E-state index in [1.807, 2.05) is 6.92 Å². The van der Waals surface area contributed by atoms with E-state index in [2.05, 4.69) is 4.98 Å². The minimum absolute atomic E-state index is 0.00904. The van der Waals surface area contributed by atoms with Crippen molar-refractivity contribution in [1.82, 2.24) is 9.88 Å². The summed E-state index contributed by atoms with van der Waals surface area (Å²) in [5.41, 5.74) is 1.09. The number of methoxy groups -OCH3 is 1. The highest BCUT2D eigenvalue weighted by molar-refractivity contribution is 7.14. The van der Waals surface area contributed by atoms with Crippen LogP contribution in [0.5, 0.6) is 11.5 Å². The highest BCUT2D eigenvalue weighted by Crippen LogP contribution is 2.42. The van der Waals surface area contributed by atoms with Gasteiger partial charge in [-0.1, -0.05) is 13.0 Å². The second-order valence-electron chi connectivity index (χ2n) is 6.57. The van der Waals surface area contributed by atoms with Crippen LogP contribution in [0.15, 0.2) is 29.5 Å². The van der Waals surface area contributed by atoms with Crippen LogP contribution < -0.4 is 4.74 Å². The summed E-state index contributed by atoms with van der Waals surface area (Å²) in [6.07, 6.45) is 0.651. The van der Waals surface area contributed by atoms with Crippen LogP contribution in [0.1, 0.15) is 45.3 Å². The zero-order chi connectivity index (χ0) is 20.6. The van der Waals surface area contributed by atoms with Gasteiger partial charge in [-0.3, -0.25) is 9.59 Å². The van der Waals surface area contributed by atoms with Crippen LogP contribution in [0.4, 0.5) is 0 Å². The molecular weight excluding hydrogens is 380 g/mol. The molecule has 0 saturated carbocycles. The number of phenolic OH excluding ortho intramolecular Hbond substituents is 1. The van der Waals surface area contributed by atoms with Crippen molar-refractivity contribution in [3.63, 3.8) is 0 Å². The highest BCUT2D eigenvalue weighted by atomic mass is 32.1. The lowest BCUT2D eigenvalue weighted by molar-refractivity contribution is -0.129. The standard InChI is InChI=1S/C20H22N2O5S/c1-5-8-22-16(12-6-7-14(27-4)13(23)9-12)15(18(25)20(22)26)17(24)19-10(2)21-11(3)28-19/h6-7,9,16,23,25H,5,8H2,1-4H3. The van der Waals surface area contributed by atoms with Gasteiger partial charge < -0.3 is 19.8 Å². The topological polar surface area (TPSA) is 100.0 Å². The molecule has 0 saturated heterocycles. The Balaban J connectivity index is 2.14. The van der Waals surface area contributed by atoms with Gasteiger partial charge in [0.1, 0.15) is 0 Å². The van der Waals surface area contributed by atoms with E-state index >= 15 is 0 Å². The Bertz CT molecular complexity index is 979. The molecule has 2 aromatic rings. The molecule has 1 aliphatic rings. The summed E-state index contributed by atoms with van der Waals surface area (Å²) in [4.78, 5) is 32.1. The quantitative estimate of drug-likeness (QED) is 0.718. The second-order valence-corrected chi connectivity index (χ2v) is 7.77. The van der Waals surface area contributed by atoms with E-state index in [0.717, 1.165) is 5.01 Å². The average Bonchev–Trinajstić information content (AvgIpc) is 3.12. The van der Waals surface area contributed by atoms with E-state index < -0.39 is 23.5 Å². The summed E-state index contributed by atoms with van der Waals surface area (Å²) >= 11 is 1.23. The van der Waals surface area contributed by atoms with Crippen LogP contribution in [0.2, 0.25) is 0 Å². The van der Waals surface area contributed by atoms with Gasteiger partial charge in [0.05, 0.1) is 34.3 Å². The number of nitrogens with zero attached hydrogens (tertiary/aromatic N) is 2. The maximum absolute atomic E-state index is 13.3. The number of carbonyl (C=O) groups is 2. The third kappa shape index (κ3) is 3.24. The Morgan fingerprint density at radius 1 is 1.32 bits per heavy atom. The average molecular weight is 402 g/mol.